The van der Waals surface area contributed by atoms with Gasteiger partial charge in [-0.15, -0.1) is 12.4 Å². The van der Waals surface area contributed by atoms with Gasteiger partial charge in [0.2, 0.25) is 5.43 Å². The fourth-order valence-electron chi connectivity index (χ4n) is 4.42. The summed E-state index contributed by atoms with van der Waals surface area (Å²) in [5, 5.41) is 4.09. The third-order valence-electron chi connectivity index (χ3n) is 5.86. The van der Waals surface area contributed by atoms with Gasteiger partial charge in [0.1, 0.15) is 5.56 Å². The van der Waals surface area contributed by atoms with E-state index < -0.39 is 0 Å². The van der Waals surface area contributed by atoms with E-state index in [0.29, 0.717) is 10.9 Å². The minimum Gasteiger partial charge on any atom is -0.350 e. The molecule has 1 aromatic carbocycles. The largest absolute Gasteiger partial charge is 0.350 e. The number of likely N-dealkylation sites (tertiary alicyclic amines) is 1. The average Bonchev–Trinajstić information content (AvgIpc) is 3.01. The first-order chi connectivity index (χ1) is 12.0. The van der Waals surface area contributed by atoms with Crippen LogP contribution < -0.4 is 10.7 Å². The number of nitrogens with zero attached hydrogens (tertiary/aromatic N) is 2. The molecule has 2 saturated heterocycles. The third kappa shape index (κ3) is 3.14. The zero-order valence-electron chi connectivity index (χ0n) is 15.4. The Hall–Kier alpha value is -1.85. The summed E-state index contributed by atoms with van der Waals surface area (Å²) in [5.41, 5.74) is 2.24. The number of fused-ring (bicyclic) bond motifs is 1. The van der Waals surface area contributed by atoms with Crippen molar-refractivity contribution in [2.24, 2.45) is 12.5 Å². The van der Waals surface area contributed by atoms with Gasteiger partial charge < -0.3 is 14.8 Å². The standard InChI is InChI=1S/C20H25N3O2.ClH/c1-14-4-5-17-15(10-14)18(24)16(11-22(17)2)19(25)23-9-7-20(13-23)6-3-8-21-12-20;/h4-5,10-11,21H,3,6-9,12-13H2,1-2H3;1H. The average molecular weight is 376 g/mol. The van der Waals surface area contributed by atoms with E-state index in [9.17, 15) is 9.59 Å². The van der Waals surface area contributed by atoms with Gasteiger partial charge in [-0.25, -0.2) is 0 Å². The predicted molar refractivity (Wildman–Crippen MR) is 106 cm³/mol. The second kappa shape index (κ2) is 7.05. The molecule has 4 rings (SSSR count). The van der Waals surface area contributed by atoms with E-state index >= 15 is 0 Å². The summed E-state index contributed by atoms with van der Waals surface area (Å²) in [4.78, 5) is 27.9. The smallest absolute Gasteiger partial charge is 0.259 e. The molecule has 2 fully saturated rings. The topological polar surface area (TPSA) is 54.3 Å². The monoisotopic (exact) mass is 375 g/mol. The molecule has 140 valence electrons. The summed E-state index contributed by atoms with van der Waals surface area (Å²) >= 11 is 0. The predicted octanol–water partition coefficient (Wildman–Crippen LogP) is 2.48. The molecule has 2 aromatic rings. The molecule has 2 aliphatic heterocycles. The Morgan fingerprint density at radius 2 is 2.08 bits per heavy atom. The molecule has 6 heteroatoms. The van der Waals surface area contributed by atoms with Gasteiger partial charge in [-0.05, 0) is 44.9 Å². The Morgan fingerprint density at radius 3 is 2.81 bits per heavy atom. The number of amides is 1. The number of aryl methyl sites for hydroxylation is 2. The maximum Gasteiger partial charge on any atom is 0.259 e. The SMILES string of the molecule is Cc1ccc2c(c1)c(=O)c(C(=O)N1CCC3(CCCNC3)C1)cn2C.Cl. The number of carbonyl (C=O) groups is 1. The molecule has 26 heavy (non-hydrogen) atoms. The van der Waals surface area contributed by atoms with Crippen LogP contribution in [0.25, 0.3) is 10.9 Å². The molecular weight excluding hydrogens is 350 g/mol. The summed E-state index contributed by atoms with van der Waals surface area (Å²) in [7, 11) is 1.89. The Balaban J connectivity index is 0.00000196. The summed E-state index contributed by atoms with van der Waals surface area (Å²) in [6.07, 6.45) is 5.06. The maximum absolute atomic E-state index is 13.1. The van der Waals surface area contributed by atoms with E-state index in [-0.39, 0.29) is 29.2 Å². The van der Waals surface area contributed by atoms with Crippen LogP contribution in [0.5, 0.6) is 0 Å². The van der Waals surface area contributed by atoms with Gasteiger partial charge in [0.25, 0.3) is 5.91 Å². The molecule has 2 aliphatic rings. The molecule has 5 nitrogen and oxygen atoms in total. The van der Waals surface area contributed by atoms with Crippen molar-refractivity contribution in [1.82, 2.24) is 14.8 Å². The summed E-state index contributed by atoms with van der Waals surface area (Å²) in [6.45, 7) is 5.52. The van der Waals surface area contributed by atoms with E-state index in [1.54, 1.807) is 6.20 Å². The molecule has 1 amide bonds. The summed E-state index contributed by atoms with van der Waals surface area (Å²) in [6, 6.07) is 5.81. The van der Waals surface area contributed by atoms with Crippen molar-refractivity contribution in [1.29, 1.82) is 0 Å². The number of aromatic nitrogens is 1. The van der Waals surface area contributed by atoms with E-state index in [4.69, 9.17) is 0 Å². The van der Waals surface area contributed by atoms with Gasteiger partial charge in [-0.2, -0.15) is 0 Å². The molecule has 1 spiro atoms. The second-order valence-corrected chi connectivity index (χ2v) is 7.76. The van der Waals surface area contributed by atoms with Gasteiger partial charge in [-0.1, -0.05) is 11.6 Å². The van der Waals surface area contributed by atoms with Crippen LogP contribution in [-0.2, 0) is 7.05 Å². The lowest BCUT2D eigenvalue weighted by Gasteiger charge is -2.33. The van der Waals surface area contributed by atoms with Gasteiger partial charge in [0.15, 0.2) is 0 Å². The lowest BCUT2D eigenvalue weighted by atomic mass is 9.80. The van der Waals surface area contributed by atoms with Gasteiger partial charge in [0.05, 0.1) is 5.52 Å². The highest BCUT2D eigenvalue weighted by molar-refractivity contribution is 5.97. The number of rotatable bonds is 1. The van der Waals surface area contributed by atoms with Crippen LogP contribution in [0, 0.1) is 12.3 Å². The van der Waals surface area contributed by atoms with Gasteiger partial charge >= 0.3 is 0 Å². The van der Waals surface area contributed by atoms with Crippen molar-refractivity contribution in [3.8, 4) is 0 Å². The Kier molecular flexibility index (Phi) is 5.13. The van der Waals surface area contributed by atoms with E-state index in [0.717, 1.165) is 43.7 Å². The lowest BCUT2D eigenvalue weighted by molar-refractivity contribution is 0.0762. The number of halogens is 1. The van der Waals surface area contributed by atoms with Crippen LogP contribution in [0.3, 0.4) is 0 Å². The molecule has 0 bridgehead atoms. The van der Waals surface area contributed by atoms with Crippen molar-refractivity contribution in [2.45, 2.75) is 26.2 Å². The molecule has 0 saturated carbocycles. The van der Waals surface area contributed by atoms with E-state index in [1.165, 1.54) is 12.8 Å². The van der Waals surface area contributed by atoms with Gasteiger partial charge in [-0.3, -0.25) is 9.59 Å². The Bertz CT molecular complexity index is 900. The van der Waals surface area contributed by atoms with Crippen LogP contribution in [0.15, 0.2) is 29.2 Å². The first kappa shape index (κ1) is 18.9. The second-order valence-electron chi connectivity index (χ2n) is 7.76. The van der Waals surface area contributed by atoms with Crippen molar-refractivity contribution in [3.05, 3.63) is 45.7 Å². The lowest BCUT2D eigenvalue weighted by Crippen LogP contribution is -2.43. The number of carbonyl (C=O) groups excluding carboxylic acids is 1. The molecule has 3 heterocycles. The quantitative estimate of drug-likeness (QED) is 0.833. The number of nitrogens with one attached hydrogen (secondary N) is 1. The highest BCUT2D eigenvalue weighted by Gasteiger charge is 2.41. The minimum absolute atomic E-state index is 0. The van der Waals surface area contributed by atoms with Crippen LogP contribution in [0.1, 0.15) is 35.2 Å². The van der Waals surface area contributed by atoms with Crippen molar-refractivity contribution in [3.63, 3.8) is 0 Å². The molecular formula is C20H26ClN3O2. The fourth-order valence-corrected chi connectivity index (χ4v) is 4.42. The highest BCUT2D eigenvalue weighted by Crippen LogP contribution is 2.36. The number of pyridine rings is 1. The minimum atomic E-state index is -0.149. The highest BCUT2D eigenvalue weighted by atomic mass is 35.5. The summed E-state index contributed by atoms with van der Waals surface area (Å²) < 4.78 is 1.89. The number of hydrogen-bond acceptors (Lipinski definition) is 3. The van der Waals surface area contributed by atoms with Crippen LogP contribution in [0.4, 0.5) is 0 Å². The van der Waals surface area contributed by atoms with Crippen molar-refractivity contribution < 1.29 is 4.79 Å². The summed E-state index contributed by atoms with van der Waals surface area (Å²) in [5.74, 6) is -0.119. The normalized spacial score (nSPS) is 22.6. The van der Waals surface area contributed by atoms with Crippen LogP contribution in [0.2, 0.25) is 0 Å². The zero-order chi connectivity index (χ0) is 17.6. The van der Waals surface area contributed by atoms with Crippen molar-refractivity contribution >= 4 is 29.2 Å². The molecule has 1 atom stereocenters. The molecule has 1 unspecified atom stereocenters. The van der Waals surface area contributed by atoms with E-state index in [2.05, 4.69) is 5.32 Å². The Morgan fingerprint density at radius 1 is 1.27 bits per heavy atom. The van der Waals surface area contributed by atoms with E-state index in [1.807, 2.05) is 41.6 Å². The van der Waals surface area contributed by atoms with Crippen LogP contribution >= 0.6 is 12.4 Å². The number of piperidine rings is 1. The molecule has 0 aliphatic carbocycles. The first-order valence-electron chi connectivity index (χ1n) is 9.09. The molecule has 0 radical (unpaired) electrons. The first-order valence-corrected chi connectivity index (χ1v) is 9.09. The number of hydrogen-bond donors (Lipinski definition) is 1. The third-order valence-corrected chi connectivity index (χ3v) is 5.86. The molecule has 1 N–H and O–H groups in total. The van der Waals surface area contributed by atoms with Crippen LogP contribution in [-0.4, -0.2) is 41.6 Å². The Labute approximate surface area is 159 Å². The maximum atomic E-state index is 13.1. The van der Waals surface area contributed by atoms with Gasteiger partial charge in [0, 0.05) is 43.7 Å². The van der Waals surface area contributed by atoms with Crippen molar-refractivity contribution in [2.75, 3.05) is 26.2 Å². The zero-order valence-corrected chi connectivity index (χ0v) is 16.2. The number of benzene rings is 1. The molecule has 1 aromatic heterocycles. The fraction of sp³-hybridized carbons (Fsp3) is 0.500.